The quantitative estimate of drug-likeness (QED) is 0.879. The fraction of sp³-hybridized carbons (Fsp3) is 0.692. The third-order valence-electron chi connectivity index (χ3n) is 3.24. The number of hydrogen-bond donors (Lipinski definition) is 1. The first-order valence-corrected chi connectivity index (χ1v) is 7.46. The zero-order chi connectivity index (χ0) is 14.8. The zero-order valence-electron chi connectivity index (χ0n) is 11.5. The van der Waals surface area contributed by atoms with Gasteiger partial charge in [0, 0.05) is 26.0 Å². The van der Waals surface area contributed by atoms with Gasteiger partial charge in [0.25, 0.3) is 5.91 Å². The van der Waals surface area contributed by atoms with Gasteiger partial charge in [-0.2, -0.15) is 0 Å². The monoisotopic (exact) mass is 304 g/mol. The van der Waals surface area contributed by atoms with Crippen molar-refractivity contribution in [2.75, 3.05) is 13.2 Å². The minimum absolute atomic E-state index is 0.122. The Kier molecular flexibility index (Phi) is 4.70. The molecule has 20 heavy (non-hydrogen) atoms. The highest BCUT2D eigenvalue weighted by atomic mass is 32.1. The lowest BCUT2D eigenvalue weighted by atomic mass is 9.81. The number of amides is 1. The first-order valence-electron chi connectivity index (χ1n) is 6.64. The summed E-state index contributed by atoms with van der Waals surface area (Å²) in [5, 5.41) is 3.42. The van der Waals surface area contributed by atoms with Crippen molar-refractivity contribution in [2.24, 2.45) is 5.92 Å². The van der Waals surface area contributed by atoms with Gasteiger partial charge in [-0.1, -0.05) is 0 Å². The summed E-state index contributed by atoms with van der Waals surface area (Å²) < 4.78 is 30.7. The molecule has 0 aliphatic heterocycles. The number of nitrogens with zero attached hydrogens (tertiary/aromatic N) is 1. The standard InChI is InChI=1S/C13H18F2N2O2S/c1-3-19-8(2)12-17-7-10(20-12)11(18)16-6-9-4-13(14,15)5-9/h7-9H,3-6H2,1-2H3,(H,16,18). The Labute approximate surface area is 120 Å². The highest BCUT2D eigenvalue weighted by Crippen LogP contribution is 2.41. The van der Waals surface area contributed by atoms with Crippen LogP contribution in [0, 0.1) is 5.92 Å². The SMILES string of the molecule is CCOC(C)c1ncc(C(=O)NCC2CC(F)(F)C2)s1. The van der Waals surface area contributed by atoms with Gasteiger partial charge in [-0.15, -0.1) is 11.3 Å². The Morgan fingerprint density at radius 3 is 2.95 bits per heavy atom. The van der Waals surface area contributed by atoms with E-state index in [4.69, 9.17) is 4.74 Å². The van der Waals surface area contributed by atoms with E-state index < -0.39 is 5.92 Å². The number of aromatic nitrogens is 1. The van der Waals surface area contributed by atoms with Gasteiger partial charge in [0.05, 0.1) is 6.20 Å². The highest BCUT2D eigenvalue weighted by Gasteiger charge is 2.45. The third-order valence-corrected chi connectivity index (χ3v) is 4.39. The number of thiazole rings is 1. The van der Waals surface area contributed by atoms with Gasteiger partial charge in [-0.05, 0) is 19.8 Å². The van der Waals surface area contributed by atoms with Crippen molar-refractivity contribution < 1.29 is 18.3 Å². The zero-order valence-corrected chi connectivity index (χ0v) is 12.3. The molecule has 1 saturated carbocycles. The second-order valence-corrected chi connectivity index (χ2v) is 6.06. The van der Waals surface area contributed by atoms with Crippen molar-refractivity contribution >= 4 is 17.2 Å². The summed E-state index contributed by atoms with van der Waals surface area (Å²) in [6, 6.07) is 0. The second-order valence-electron chi connectivity index (χ2n) is 5.00. The molecule has 1 fully saturated rings. The molecule has 0 aromatic carbocycles. The molecule has 1 unspecified atom stereocenters. The van der Waals surface area contributed by atoms with Crippen molar-refractivity contribution in [3.05, 3.63) is 16.1 Å². The lowest BCUT2D eigenvalue weighted by Gasteiger charge is -2.34. The summed E-state index contributed by atoms with van der Waals surface area (Å²) in [5.41, 5.74) is 0. The Balaban J connectivity index is 1.81. The van der Waals surface area contributed by atoms with E-state index in [0.29, 0.717) is 18.0 Å². The number of rotatable bonds is 6. The van der Waals surface area contributed by atoms with Crippen LogP contribution in [0.2, 0.25) is 0 Å². The van der Waals surface area contributed by atoms with Crippen molar-refractivity contribution in [1.82, 2.24) is 10.3 Å². The predicted octanol–water partition coefficient (Wildman–Crippen LogP) is 3.02. The summed E-state index contributed by atoms with van der Waals surface area (Å²) in [6.07, 6.45) is 1.09. The van der Waals surface area contributed by atoms with Crippen LogP contribution in [0.15, 0.2) is 6.20 Å². The van der Waals surface area contributed by atoms with Crippen LogP contribution < -0.4 is 5.32 Å². The lowest BCUT2D eigenvalue weighted by molar-refractivity contribution is -0.108. The predicted molar refractivity (Wildman–Crippen MR) is 72.2 cm³/mol. The van der Waals surface area contributed by atoms with Crippen molar-refractivity contribution in [1.29, 1.82) is 0 Å². The van der Waals surface area contributed by atoms with Crippen LogP contribution in [0.25, 0.3) is 0 Å². The molecule has 2 rings (SSSR count). The lowest BCUT2D eigenvalue weighted by Crippen LogP contribution is -2.42. The molecule has 1 aliphatic carbocycles. The molecule has 0 saturated heterocycles. The maximum atomic E-state index is 12.7. The molecule has 1 aromatic heterocycles. The summed E-state index contributed by atoms with van der Waals surface area (Å²) in [5.74, 6) is -2.92. The molecular weight excluding hydrogens is 286 g/mol. The molecule has 0 bridgehead atoms. The van der Waals surface area contributed by atoms with Crippen LogP contribution in [0.4, 0.5) is 8.78 Å². The Bertz CT molecular complexity index is 471. The molecule has 1 aliphatic rings. The van der Waals surface area contributed by atoms with Gasteiger partial charge in [0.2, 0.25) is 5.92 Å². The topological polar surface area (TPSA) is 51.2 Å². The highest BCUT2D eigenvalue weighted by molar-refractivity contribution is 7.13. The number of halogens is 2. The van der Waals surface area contributed by atoms with Crippen LogP contribution in [0.5, 0.6) is 0 Å². The van der Waals surface area contributed by atoms with E-state index in [0.717, 1.165) is 5.01 Å². The van der Waals surface area contributed by atoms with Crippen LogP contribution >= 0.6 is 11.3 Å². The smallest absolute Gasteiger partial charge is 0.263 e. The molecule has 112 valence electrons. The number of alkyl halides is 2. The molecule has 1 aromatic rings. The summed E-state index contributed by atoms with van der Waals surface area (Å²) in [7, 11) is 0. The first-order chi connectivity index (χ1) is 9.41. The van der Waals surface area contributed by atoms with Crippen LogP contribution in [-0.2, 0) is 4.74 Å². The second kappa shape index (κ2) is 6.13. The van der Waals surface area contributed by atoms with E-state index in [1.165, 1.54) is 17.5 Å². The third kappa shape index (κ3) is 3.73. The molecular formula is C13H18F2N2O2S. The molecule has 0 radical (unpaired) electrons. The number of carbonyl (C=O) groups excluding carboxylic acids is 1. The van der Waals surface area contributed by atoms with Crippen LogP contribution in [0.1, 0.15) is 47.5 Å². The largest absolute Gasteiger partial charge is 0.372 e. The molecule has 0 spiro atoms. The molecule has 1 amide bonds. The van der Waals surface area contributed by atoms with E-state index in [9.17, 15) is 13.6 Å². The number of ether oxygens (including phenoxy) is 1. The first kappa shape index (κ1) is 15.3. The Hall–Kier alpha value is -1.08. The van der Waals surface area contributed by atoms with E-state index in [-0.39, 0.29) is 30.8 Å². The normalized spacial score (nSPS) is 19.4. The van der Waals surface area contributed by atoms with E-state index in [1.807, 2.05) is 13.8 Å². The van der Waals surface area contributed by atoms with E-state index >= 15 is 0 Å². The van der Waals surface area contributed by atoms with Gasteiger partial charge in [-0.25, -0.2) is 13.8 Å². The average Bonchev–Trinajstić information content (AvgIpc) is 2.83. The summed E-state index contributed by atoms with van der Waals surface area (Å²) in [4.78, 5) is 16.5. The van der Waals surface area contributed by atoms with Crippen LogP contribution in [0.3, 0.4) is 0 Å². The maximum Gasteiger partial charge on any atom is 0.263 e. The van der Waals surface area contributed by atoms with Gasteiger partial charge in [0.15, 0.2) is 0 Å². The van der Waals surface area contributed by atoms with E-state index in [2.05, 4.69) is 10.3 Å². The Morgan fingerprint density at radius 1 is 1.65 bits per heavy atom. The van der Waals surface area contributed by atoms with Crippen molar-refractivity contribution in [3.63, 3.8) is 0 Å². The van der Waals surface area contributed by atoms with Crippen LogP contribution in [-0.4, -0.2) is 30.0 Å². The van der Waals surface area contributed by atoms with Gasteiger partial charge in [0.1, 0.15) is 16.0 Å². The number of hydrogen-bond acceptors (Lipinski definition) is 4. The van der Waals surface area contributed by atoms with Gasteiger partial charge >= 0.3 is 0 Å². The average molecular weight is 304 g/mol. The minimum atomic E-state index is -2.54. The molecule has 1 heterocycles. The van der Waals surface area contributed by atoms with E-state index in [1.54, 1.807) is 0 Å². The molecule has 1 N–H and O–H groups in total. The molecule has 7 heteroatoms. The minimum Gasteiger partial charge on any atom is -0.372 e. The number of carbonyl (C=O) groups is 1. The van der Waals surface area contributed by atoms with Crippen molar-refractivity contribution in [2.45, 2.75) is 38.7 Å². The van der Waals surface area contributed by atoms with Gasteiger partial charge in [-0.3, -0.25) is 4.79 Å². The summed E-state index contributed by atoms with van der Waals surface area (Å²) in [6.45, 7) is 4.65. The Morgan fingerprint density at radius 2 is 2.35 bits per heavy atom. The molecule has 1 atom stereocenters. The van der Waals surface area contributed by atoms with Gasteiger partial charge < -0.3 is 10.1 Å². The maximum absolute atomic E-state index is 12.7. The molecule has 4 nitrogen and oxygen atoms in total. The van der Waals surface area contributed by atoms with Crippen molar-refractivity contribution in [3.8, 4) is 0 Å². The summed E-state index contributed by atoms with van der Waals surface area (Å²) >= 11 is 1.27. The number of nitrogens with one attached hydrogen (secondary N) is 1. The fourth-order valence-corrected chi connectivity index (χ4v) is 2.99. The fourth-order valence-electron chi connectivity index (χ4n) is 2.16.